The summed E-state index contributed by atoms with van der Waals surface area (Å²) in [4.78, 5) is 25.5. The summed E-state index contributed by atoms with van der Waals surface area (Å²) in [6.45, 7) is 5.25. The molecule has 0 spiro atoms. The van der Waals surface area contributed by atoms with Crippen molar-refractivity contribution in [3.8, 4) is 0 Å². The second-order valence-corrected chi connectivity index (χ2v) is 4.95. The molecule has 19 heavy (non-hydrogen) atoms. The van der Waals surface area contributed by atoms with Gasteiger partial charge in [0.05, 0.1) is 17.0 Å². The number of carbonyl (C=O) groups excluding carboxylic acids is 2. The molecule has 0 atom stereocenters. The summed E-state index contributed by atoms with van der Waals surface area (Å²) in [5, 5.41) is 0. The molecule has 4 N–H and O–H groups in total. The number of nitrogens with zero attached hydrogens (tertiary/aromatic N) is 1. The Morgan fingerprint density at radius 1 is 1.26 bits per heavy atom. The van der Waals surface area contributed by atoms with E-state index < -0.39 is 5.91 Å². The van der Waals surface area contributed by atoms with Gasteiger partial charge in [0.1, 0.15) is 0 Å². The monoisotopic (exact) mass is 281 g/mol. The lowest BCUT2D eigenvalue weighted by Crippen LogP contribution is -2.31. The number of thioether (sulfide) groups is 1. The van der Waals surface area contributed by atoms with E-state index in [1.54, 1.807) is 23.1 Å². The van der Waals surface area contributed by atoms with Crippen LogP contribution < -0.4 is 11.5 Å². The highest BCUT2D eigenvalue weighted by molar-refractivity contribution is 8.00. The summed E-state index contributed by atoms with van der Waals surface area (Å²) < 4.78 is 0. The Bertz CT molecular complexity index is 473. The highest BCUT2D eigenvalue weighted by Crippen LogP contribution is 2.27. The maximum Gasteiger partial charge on any atom is 0.250 e. The van der Waals surface area contributed by atoms with Gasteiger partial charge in [-0.1, -0.05) is 6.07 Å². The number of para-hydroxylation sites is 1. The summed E-state index contributed by atoms with van der Waals surface area (Å²) in [7, 11) is 0. The van der Waals surface area contributed by atoms with E-state index in [-0.39, 0.29) is 5.91 Å². The first-order valence-corrected chi connectivity index (χ1v) is 7.08. The van der Waals surface area contributed by atoms with Crippen molar-refractivity contribution in [3.05, 3.63) is 23.8 Å². The van der Waals surface area contributed by atoms with Crippen LogP contribution in [0, 0.1) is 0 Å². The Kier molecular flexibility index (Phi) is 5.69. The topological polar surface area (TPSA) is 89.4 Å². The van der Waals surface area contributed by atoms with Gasteiger partial charge in [-0.25, -0.2) is 0 Å². The lowest BCUT2D eigenvalue weighted by molar-refractivity contribution is -0.127. The van der Waals surface area contributed by atoms with E-state index in [2.05, 4.69) is 0 Å². The van der Waals surface area contributed by atoms with Crippen molar-refractivity contribution in [1.29, 1.82) is 0 Å². The molecular formula is C13H19N3O2S. The van der Waals surface area contributed by atoms with Crippen molar-refractivity contribution in [2.45, 2.75) is 18.7 Å². The Hall–Kier alpha value is -1.69. The minimum atomic E-state index is -0.560. The number of nitrogen functional groups attached to an aromatic ring is 1. The van der Waals surface area contributed by atoms with Crippen LogP contribution in [-0.2, 0) is 4.79 Å². The highest BCUT2D eigenvalue weighted by atomic mass is 32.2. The molecule has 104 valence electrons. The third-order valence-corrected chi connectivity index (χ3v) is 3.86. The second kappa shape index (κ2) is 7.04. The Balaban J connectivity index is 2.76. The number of rotatable bonds is 6. The first kappa shape index (κ1) is 15.4. The van der Waals surface area contributed by atoms with Crippen molar-refractivity contribution in [3.63, 3.8) is 0 Å². The van der Waals surface area contributed by atoms with Crippen LogP contribution >= 0.6 is 11.8 Å². The zero-order valence-electron chi connectivity index (χ0n) is 11.2. The number of hydrogen-bond acceptors (Lipinski definition) is 4. The van der Waals surface area contributed by atoms with Crippen LogP contribution in [0.1, 0.15) is 24.2 Å². The summed E-state index contributed by atoms with van der Waals surface area (Å²) in [6, 6.07) is 5.07. The van der Waals surface area contributed by atoms with E-state index >= 15 is 0 Å². The standard InChI is InChI=1S/C13H19N3O2S/c1-3-16(4-2)11(17)8-19-10-7-5-6-9(12(10)14)13(15)18/h5-7H,3-4,8,14H2,1-2H3,(H2,15,18). The van der Waals surface area contributed by atoms with E-state index in [0.717, 1.165) is 0 Å². The predicted octanol–water partition coefficient (Wildman–Crippen LogP) is 1.33. The minimum Gasteiger partial charge on any atom is -0.397 e. The van der Waals surface area contributed by atoms with E-state index in [0.29, 0.717) is 35.0 Å². The zero-order valence-corrected chi connectivity index (χ0v) is 12.0. The number of anilines is 1. The highest BCUT2D eigenvalue weighted by Gasteiger charge is 2.13. The Morgan fingerprint density at radius 3 is 2.42 bits per heavy atom. The average Bonchev–Trinajstić information content (AvgIpc) is 2.38. The molecule has 1 aromatic carbocycles. The molecular weight excluding hydrogens is 262 g/mol. The maximum atomic E-state index is 11.9. The third kappa shape index (κ3) is 3.89. The molecule has 0 aliphatic heterocycles. The van der Waals surface area contributed by atoms with Crippen LogP contribution in [0.3, 0.4) is 0 Å². The molecule has 0 aliphatic carbocycles. The number of nitrogens with two attached hydrogens (primary N) is 2. The number of hydrogen-bond donors (Lipinski definition) is 2. The van der Waals surface area contributed by atoms with Gasteiger partial charge in [0.25, 0.3) is 5.91 Å². The summed E-state index contributed by atoms with van der Waals surface area (Å²) in [6.07, 6.45) is 0. The van der Waals surface area contributed by atoms with Gasteiger partial charge in [-0.2, -0.15) is 0 Å². The summed E-state index contributed by atoms with van der Waals surface area (Å²) in [5.74, 6) is -0.206. The predicted molar refractivity (Wildman–Crippen MR) is 78.0 cm³/mol. The number of benzene rings is 1. The Labute approximate surface area is 117 Å². The fraction of sp³-hybridized carbons (Fsp3) is 0.385. The first-order chi connectivity index (χ1) is 9.01. The van der Waals surface area contributed by atoms with Crippen molar-refractivity contribution in [2.24, 2.45) is 5.73 Å². The van der Waals surface area contributed by atoms with Crippen molar-refractivity contribution in [1.82, 2.24) is 4.90 Å². The average molecular weight is 281 g/mol. The van der Waals surface area contributed by atoms with Gasteiger partial charge < -0.3 is 16.4 Å². The van der Waals surface area contributed by atoms with Gasteiger partial charge in [-0.15, -0.1) is 11.8 Å². The largest absolute Gasteiger partial charge is 0.397 e. The Morgan fingerprint density at radius 2 is 1.89 bits per heavy atom. The van der Waals surface area contributed by atoms with E-state index in [4.69, 9.17) is 11.5 Å². The molecule has 0 saturated carbocycles. The molecule has 0 saturated heterocycles. The fourth-order valence-corrected chi connectivity index (χ4v) is 2.59. The normalized spacial score (nSPS) is 10.2. The van der Waals surface area contributed by atoms with E-state index in [9.17, 15) is 9.59 Å². The first-order valence-electron chi connectivity index (χ1n) is 6.10. The van der Waals surface area contributed by atoms with Crippen molar-refractivity contribution < 1.29 is 9.59 Å². The number of primary amides is 1. The van der Waals surface area contributed by atoms with E-state index in [1.807, 2.05) is 13.8 Å². The van der Waals surface area contributed by atoms with Gasteiger partial charge in [-0.05, 0) is 26.0 Å². The maximum absolute atomic E-state index is 11.9. The fourth-order valence-electron chi connectivity index (χ4n) is 1.69. The zero-order chi connectivity index (χ0) is 14.4. The van der Waals surface area contributed by atoms with Crippen LogP contribution in [0.25, 0.3) is 0 Å². The molecule has 0 fully saturated rings. The molecule has 1 rings (SSSR count). The molecule has 0 heterocycles. The van der Waals surface area contributed by atoms with Gasteiger partial charge in [0.2, 0.25) is 5.91 Å². The molecule has 1 aromatic rings. The van der Waals surface area contributed by atoms with Gasteiger partial charge in [0.15, 0.2) is 0 Å². The van der Waals surface area contributed by atoms with Crippen LogP contribution in [-0.4, -0.2) is 35.6 Å². The minimum absolute atomic E-state index is 0.0545. The third-order valence-electron chi connectivity index (χ3n) is 2.80. The molecule has 0 radical (unpaired) electrons. The number of carbonyl (C=O) groups is 2. The van der Waals surface area contributed by atoms with Crippen LogP contribution in [0.15, 0.2) is 23.1 Å². The summed E-state index contributed by atoms with van der Waals surface area (Å²) in [5.41, 5.74) is 11.7. The SMILES string of the molecule is CCN(CC)C(=O)CSc1cccc(C(N)=O)c1N. The van der Waals surface area contributed by atoms with Gasteiger partial charge in [0, 0.05) is 18.0 Å². The van der Waals surface area contributed by atoms with Gasteiger partial charge >= 0.3 is 0 Å². The molecule has 0 aliphatic rings. The van der Waals surface area contributed by atoms with Crippen molar-refractivity contribution in [2.75, 3.05) is 24.6 Å². The second-order valence-electron chi connectivity index (χ2n) is 3.94. The molecule has 2 amide bonds. The smallest absolute Gasteiger partial charge is 0.250 e. The molecule has 6 heteroatoms. The summed E-state index contributed by atoms with van der Waals surface area (Å²) >= 11 is 1.32. The van der Waals surface area contributed by atoms with Gasteiger partial charge in [-0.3, -0.25) is 9.59 Å². The molecule has 0 aromatic heterocycles. The lowest BCUT2D eigenvalue weighted by atomic mass is 10.2. The van der Waals surface area contributed by atoms with Crippen LogP contribution in [0.2, 0.25) is 0 Å². The van der Waals surface area contributed by atoms with E-state index in [1.165, 1.54) is 11.8 Å². The quantitative estimate of drug-likeness (QED) is 0.608. The van der Waals surface area contributed by atoms with Crippen LogP contribution in [0.4, 0.5) is 5.69 Å². The molecule has 5 nitrogen and oxygen atoms in total. The molecule has 0 unspecified atom stereocenters. The molecule has 0 bridgehead atoms. The lowest BCUT2D eigenvalue weighted by Gasteiger charge is -2.18. The van der Waals surface area contributed by atoms with Crippen molar-refractivity contribution >= 4 is 29.3 Å². The van der Waals surface area contributed by atoms with Crippen LogP contribution in [0.5, 0.6) is 0 Å². The number of amides is 2.